The Hall–Kier alpha value is -1.13. The zero-order valence-electron chi connectivity index (χ0n) is 9.78. The molecule has 0 radical (unpaired) electrons. The van der Waals surface area contributed by atoms with Gasteiger partial charge in [-0.05, 0) is 32.9 Å². The first kappa shape index (κ1) is 11.4. The smallest absolute Gasteiger partial charge is 0.120 e. The van der Waals surface area contributed by atoms with Gasteiger partial charge in [-0.3, -0.25) is 0 Å². The van der Waals surface area contributed by atoms with Gasteiger partial charge in [-0.1, -0.05) is 0 Å². The molecule has 0 aliphatic rings. The first-order chi connectivity index (χ1) is 7.66. The fraction of sp³-hybridized carbons (Fsp3) is 0.417. The highest BCUT2D eigenvalue weighted by molar-refractivity contribution is 7.11. The summed E-state index contributed by atoms with van der Waals surface area (Å²) in [6.45, 7) is 7.04. The largest absolute Gasteiger partial charge is 0.468 e. The topological polar surface area (TPSA) is 38.1 Å². The lowest BCUT2D eigenvalue weighted by Crippen LogP contribution is -2.17. The van der Waals surface area contributed by atoms with E-state index < -0.39 is 0 Å². The lowest BCUT2D eigenvalue weighted by molar-refractivity contribution is 0.431. The average molecular weight is 236 g/mol. The zero-order valence-corrected chi connectivity index (χ0v) is 10.6. The molecule has 0 saturated heterocycles. The summed E-state index contributed by atoms with van der Waals surface area (Å²) >= 11 is 1.75. The highest BCUT2D eigenvalue weighted by atomic mass is 32.1. The second kappa shape index (κ2) is 4.80. The molecule has 0 saturated carbocycles. The molecule has 2 heterocycles. The fourth-order valence-electron chi connectivity index (χ4n) is 1.62. The summed E-state index contributed by atoms with van der Waals surface area (Å²) in [5.41, 5.74) is 1.13. The SMILES string of the molecule is Cc1nc(C)c(CN[C@@H](C)c2ccco2)s1. The molecule has 86 valence electrons. The van der Waals surface area contributed by atoms with Gasteiger partial charge in [0.1, 0.15) is 5.76 Å². The Labute approximate surface area is 99.5 Å². The van der Waals surface area contributed by atoms with Crippen LogP contribution < -0.4 is 5.32 Å². The van der Waals surface area contributed by atoms with Gasteiger partial charge >= 0.3 is 0 Å². The van der Waals surface area contributed by atoms with Gasteiger partial charge in [0.05, 0.1) is 23.0 Å². The van der Waals surface area contributed by atoms with Crippen molar-refractivity contribution in [3.63, 3.8) is 0 Å². The monoisotopic (exact) mass is 236 g/mol. The second-order valence-electron chi connectivity index (χ2n) is 3.86. The van der Waals surface area contributed by atoms with E-state index >= 15 is 0 Å². The molecule has 0 fully saturated rings. The van der Waals surface area contributed by atoms with Crippen LogP contribution in [0.15, 0.2) is 22.8 Å². The average Bonchev–Trinajstić information content (AvgIpc) is 2.84. The van der Waals surface area contributed by atoms with Crippen LogP contribution in [0.3, 0.4) is 0 Å². The summed E-state index contributed by atoms with van der Waals surface area (Å²) in [7, 11) is 0. The van der Waals surface area contributed by atoms with Crippen LogP contribution in [0.5, 0.6) is 0 Å². The second-order valence-corrected chi connectivity index (χ2v) is 5.15. The van der Waals surface area contributed by atoms with Crippen LogP contribution in [-0.4, -0.2) is 4.98 Å². The lowest BCUT2D eigenvalue weighted by Gasteiger charge is -2.10. The highest BCUT2D eigenvalue weighted by Gasteiger charge is 2.09. The molecule has 0 aliphatic carbocycles. The van der Waals surface area contributed by atoms with Crippen LogP contribution in [0, 0.1) is 13.8 Å². The van der Waals surface area contributed by atoms with Gasteiger partial charge in [0, 0.05) is 11.4 Å². The van der Waals surface area contributed by atoms with Crippen molar-refractivity contribution in [2.45, 2.75) is 33.4 Å². The summed E-state index contributed by atoms with van der Waals surface area (Å²) in [6.07, 6.45) is 1.70. The molecular weight excluding hydrogens is 220 g/mol. The fourth-order valence-corrected chi connectivity index (χ4v) is 2.51. The molecular formula is C12H16N2OS. The third-order valence-corrected chi connectivity index (χ3v) is 3.61. The number of nitrogens with zero attached hydrogens (tertiary/aromatic N) is 1. The number of thiazole rings is 1. The number of aryl methyl sites for hydroxylation is 2. The van der Waals surface area contributed by atoms with Gasteiger partial charge in [0.25, 0.3) is 0 Å². The predicted octanol–water partition coefficient (Wildman–Crippen LogP) is 3.20. The molecule has 1 atom stereocenters. The van der Waals surface area contributed by atoms with Crippen molar-refractivity contribution >= 4 is 11.3 Å². The molecule has 16 heavy (non-hydrogen) atoms. The Morgan fingerprint density at radius 1 is 1.50 bits per heavy atom. The summed E-state index contributed by atoms with van der Waals surface area (Å²) in [4.78, 5) is 5.71. The first-order valence-electron chi connectivity index (χ1n) is 5.36. The predicted molar refractivity (Wildman–Crippen MR) is 65.6 cm³/mol. The van der Waals surface area contributed by atoms with E-state index in [0.717, 1.165) is 23.0 Å². The van der Waals surface area contributed by atoms with Crippen LogP contribution in [0.1, 0.15) is 34.3 Å². The highest BCUT2D eigenvalue weighted by Crippen LogP contribution is 2.19. The number of hydrogen-bond donors (Lipinski definition) is 1. The summed E-state index contributed by atoms with van der Waals surface area (Å²) in [5, 5.41) is 4.56. The Morgan fingerprint density at radius 2 is 2.31 bits per heavy atom. The molecule has 0 aromatic carbocycles. The zero-order chi connectivity index (χ0) is 11.5. The van der Waals surface area contributed by atoms with E-state index in [1.54, 1.807) is 17.6 Å². The molecule has 2 aromatic heterocycles. The maximum Gasteiger partial charge on any atom is 0.120 e. The number of nitrogens with one attached hydrogen (secondary N) is 1. The number of aromatic nitrogens is 1. The molecule has 2 aromatic rings. The van der Waals surface area contributed by atoms with Crippen LogP contribution in [0.4, 0.5) is 0 Å². The third kappa shape index (κ3) is 2.51. The van der Waals surface area contributed by atoms with E-state index in [1.165, 1.54) is 4.88 Å². The molecule has 0 unspecified atom stereocenters. The molecule has 0 amide bonds. The minimum Gasteiger partial charge on any atom is -0.468 e. The third-order valence-electron chi connectivity index (χ3n) is 2.54. The van der Waals surface area contributed by atoms with E-state index in [0.29, 0.717) is 0 Å². The van der Waals surface area contributed by atoms with Crippen molar-refractivity contribution in [1.82, 2.24) is 10.3 Å². The number of hydrogen-bond acceptors (Lipinski definition) is 4. The molecule has 2 rings (SSSR count). The Morgan fingerprint density at radius 3 is 2.88 bits per heavy atom. The standard InChI is InChI=1S/C12H16N2OS/c1-8(11-5-4-6-15-11)13-7-12-9(2)14-10(3)16-12/h4-6,8,13H,7H2,1-3H3/t8-/m0/s1. The van der Waals surface area contributed by atoms with E-state index in [2.05, 4.69) is 24.1 Å². The summed E-state index contributed by atoms with van der Waals surface area (Å²) < 4.78 is 5.34. The van der Waals surface area contributed by atoms with Crippen molar-refractivity contribution < 1.29 is 4.42 Å². The van der Waals surface area contributed by atoms with Crippen LogP contribution in [0.25, 0.3) is 0 Å². The van der Waals surface area contributed by atoms with Gasteiger partial charge in [-0.25, -0.2) is 4.98 Å². The Bertz CT molecular complexity index is 448. The van der Waals surface area contributed by atoms with Crippen molar-refractivity contribution in [2.75, 3.05) is 0 Å². The summed E-state index contributed by atoms with van der Waals surface area (Å²) in [6, 6.07) is 4.13. The van der Waals surface area contributed by atoms with Crippen molar-refractivity contribution in [3.8, 4) is 0 Å². The maximum absolute atomic E-state index is 5.34. The lowest BCUT2D eigenvalue weighted by atomic mass is 10.2. The van der Waals surface area contributed by atoms with Crippen molar-refractivity contribution in [3.05, 3.63) is 39.7 Å². The Balaban J connectivity index is 1.95. The van der Waals surface area contributed by atoms with Gasteiger partial charge in [-0.2, -0.15) is 0 Å². The molecule has 3 nitrogen and oxygen atoms in total. The minimum absolute atomic E-state index is 0.233. The van der Waals surface area contributed by atoms with Gasteiger partial charge < -0.3 is 9.73 Å². The number of rotatable bonds is 4. The van der Waals surface area contributed by atoms with E-state index in [9.17, 15) is 0 Å². The van der Waals surface area contributed by atoms with E-state index in [1.807, 2.05) is 19.1 Å². The molecule has 1 N–H and O–H groups in total. The van der Waals surface area contributed by atoms with Crippen LogP contribution in [0.2, 0.25) is 0 Å². The molecule has 4 heteroatoms. The Kier molecular flexibility index (Phi) is 3.41. The quantitative estimate of drug-likeness (QED) is 0.885. The molecule has 0 spiro atoms. The van der Waals surface area contributed by atoms with Crippen LogP contribution in [-0.2, 0) is 6.54 Å². The van der Waals surface area contributed by atoms with E-state index in [-0.39, 0.29) is 6.04 Å². The first-order valence-corrected chi connectivity index (χ1v) is 6.18. The van der Waals surface area contributed by atoms with E-state index in [4.69, 9.17) is 4.42 Å². The van der Waals surface area contributed by atoms with Crippen molar-refractivity contribution in [2.24, 2.45) is 0 Å². The normalized spacial score (nSPS) is 12.9. The minimum atomic E-state index is 0.233. The van der Waals surface area contributed by atoms with Crippen molar-refractivity contribution in [1.29, 1.82) is 0 Å². The number of furan rings is 1. The molecule has 0 bridgehead atoms. The van der Waals surface area contributed by atoms with Gasteiger partial charge in [0.2, 0.25) is 0 Å². The van der Waals surface area contributed by atoms with Gasteiger partial charge in [-0.15, -0.1) is 11.3 Å². The maximum atomic E-state index is 5.34. The van der Waals surface area contributed by atoms with Crippen LogP contribution >= 0.6 is 11.3 Å². The molecule has 0 aliphatic heterocycles. The van der Waals surface area contributed by atoms with Gasteiger partial charge in [0.15, 0.2) is 0 Å². The summed E-state index contributed by atoms with van der Waals surface area (Å²) in [5.74, 6) is 0.971.